The average Bonchev–Trinajstić information content (AvgIpc) is 2.01. The van der Waals surface area contributed by atoms with Gasteiger partial charge in [-0.15, -0.1) is 0 Å². The molecule has 0 amide bonds. The van der Waals surface area contributed by atoms with Crippen molar-refractivity contribution in [2.45, 2.75) is 11.3 Å². The third-order valence-electron chi connectivity index (χ3n) is 1.33. The van der Waals surface area contributed by atoms with E-state index in [-0.39, 0.29) is 3.57 Å². The van der Waals surface area contributed by atoms with Crippen LogP contribution in [0.2, 0.25) is 0 Å². The van der Waals surface area contributed by atoms with Crippen molar-refractivity contribution in [2.75, 3.05) is 0 Å². The lowest BCUT2D eigenvalue weighted by molar-refractivity contribution is 0.142. The summed E-state index contributed by atoms with van der Waals surface area (Å²) >= 11 is 1.61. The van der Waals surface area contributed by atoms with Gasteiger partial charge in [-0.25, -0.2) is 17.2 Å². The normalized spacial score (nSPS) is 12.1. The molecule has 1 heterocycles. The Morgan fingerprint density at radius 2 is 2.07 bits per heavy atom. The molecular weight excluding hydrogens is 350 g/mol. The summed E-state index contributed by atoms with van der Waals surface area (Å²) < 4.78 is 46.8. The molecule has 0 aromatic carbocycles. The molecule has 14 heavy (non-hydrogen) atoms. The first-order chi connectivity index (χ1) is 6.34. The zero-order valence-corrected chi connectivity index (χ0v) is 10.1. The second kappa shape index (κ2) is 4.23. The van der Waals surface area contributed by atoms with Gasteiger partial charge < -0.3 is 0 Å². The fourth-order valence-electron chi connectivity index (χ4n) is 0.836. The van der Waals surface area contributed by atoms with E-state index in [1.807, 2.05) is 0 Å². The Bertz CT molecular complexity index is 451. The van der Waals surface area contributed by atoms with Crippen LogP contribution < -0.4 is 0 Å². The molecule has 1 rings (SSSR count). The second-order valence-corrected chi connectivity index (χ2v) is 5.91. The van der Waals surface area contributed by atoms with Crippen molar-refractivity contribution in [1.82, 2.24) is 4.98 Å². The summed E-state index contributed by atoms with van der Waals surface area (Å²) in [6.07, 6.45) is -1.86. The second-order valence-electron chi connectivity index (χ2n) is 2.25. The van der Waals surface area contributed by atoms with Crippen molar-refractivity contribution < 1.29 is 17.2 Å². The van der Waals surface area contributed by atoms with Gasteiger partial charge in [0.2, 0.25) is 0 Å². The Hall–Kier alpha value is -0.0200. The van der Waals surface area contributed by atoms with Gasteiger partial charge >= 0.3 is 0 Å². The molecule has 0 N–H and O–H groups in total. The number of nitrogens with zero attached hydrogens (tertiary/aromatic N) is 1. The fraction of sp³-hybridized carbons (Fsp3) is 0.167. The van der Waals surface area contributed by atoms with Crippen LogP contribution in [0, 0.1) is 3.57 Å². The predicted molar refractivity (Wildman–Crippen MR) is 54.9 cm³/mol. The van der Waals surface area contributed by atoms with E-state index >= 15 is 0 Å². The van der Waals surface area contributed by atoms with Crippen LogP contribution in [0.3, 0.4) is 0 Å². The smallest absolute Gasteiger partial charge is 0.254 e. The maximum absolute atomic E-state index is 12.3. The van der Waals surface area contributed by atoms with Crippen molar-refractivity contribution in [1.29, 1.82) is 0 Å². The lowest BCUT2D eigenvalue weighted by Crippen LogP contribution is -2.04. The van der Waals surface area contributed by atoms with Gasteiger partial charge in [0.25, 0.3) is 15.5 Å². The summed E-state index contributed by atoms with van der Waals surface area (Å²) in [6, 6.07) is 1.29. The molecule has 0 aliphatic heterocycles. The van der Waals surface area contributed by atoms with Crippen LogP contribution in [0.15, 0.2) is 17.2 Å². The number of alkyl halides is 2. The molecule has 0 saturated carbocycles. The summed E-state index contributed by atoms with van der Waals surface area (Å²) in [5.74, 6) is 0. The van der Waals surface area contributed by atoms with E-state index < -0.39 is 26.1 Å². The fourth-order valence-corrected chi connectivity index (χ4v) is 3.71. The summed E-state index contributed by atoms with van der Waals surface area (Å²) in [5.41, 5.74) is -0.813. The number of hydrogen-bond acceptors (Lipinski definition) is 3. The van der Waals surface area contributed by atoms with Crippen LogP contribution in [-0.4, -0.2) is 13.4 Å². The summed E-state index contributed by atoms with van der Waals surface area (Å²) in [7, 11) is 0.820. The first kappa shape index (κ1) is 12.1. The molecule has 8 heteroatoms. The van der Waals surface area contributed by atoms with Crippen LogP contribution >= 0.6 is 33.3 Å². The van der Waals surface area contributed by atoms with Crippen LogP contribution in [0.25, 0.3) is 0 Å². The lowest BCUT2D eigenvalue weighted by Gasteiger charge is -2.05. The van der Waals surface area contributed by atoms with E-state index in [0.717, 1.165) is 6.20 Å². The van der Waals surface area contributed by atoms with Gasteiger partial charge in [0.1, 0.15) is 10.6 Å². The number of rotatable bonds is 2. The zero-order chi connectivity index (χ0) is 10.9. The Morgan fingerprint density at radius 3 is 2.43 bits per heavy atom. The summed E-state index contributed by atoms with van der Waals surface area (Å²) in [6.45, 7) is 0. The van der Waals surface area contributed by atoms with Crippen LogP contribution in [0.1, 0.15) is 12.1 Å². The molecule has 0 saturated heterocycles. The monoisotopic (exact) mass is 353 g/mol. The zero-order valence-electron chi connectivity index (χ0n) is 6.42. The molecule has 3 nitrogen and oxygen atoms in total. The van der Waals surface area contributed by atoms with Gasteiger partial charge in [-0.05, 0) is 28.7 Å². The minimum Gasteiger partial charge on any atom is -0.254 e. The van der Waals surface area contributed by atoms with E-state index in [2.05, 4.69) is 4.98 Å². The third kappa shape index (κ3) is 2.51. The van der Waals surface area contributed by atoms with E-state index in [1.165, 1.54) is 6.07 Å². The van der Waals surface area contributed by atoms with Gasteiger partial charge in [0.15, 0.2) is 0 Å². The van der Waals surface area contributed by atoms with Crippen molar-refractivity contribution in [2.24, 2.45) is 0 Å². The molecule has 0 unspecified atom stereocenters. The maximum atomic E-state index is 12.3. The first-order valence-corrected chi connectivity index (χ1v) is 6.60. The topological polar surface area (TPSA) is 47.0 Å². The molecule has 0 radical (unpaired) electrons. The first-order valence-electron chi connectivity index (χ1n) is 3.21. The predicted octanol–water partition coefficient (Wildman–Crippen LogP) is 2.55. The Labute approximate surface area is 97.0 Å². The van der Waals surface area contributed by atoms with Gasteiger partial charge in [-0.3, -0.25) is 4.98 Å². The SMILES string of the molecule is O=S(=O)(Cl)c1c(I)ccnc1C(F)F. The largest absolute Gasteiger partial charge is 0.281 e. The number of hydrogen-bond donors (Lipinski definition) is 0. The van der Waals surface area contributed by atoms with E-state index in [0.29, 0.717) is 0 Å². The summed E-state index contributed by atoms with van der Waals surface area (Å²) in [4.78, 5) is 2.67. The average molecular weight is 354 g/mol. The van der Waals surface area contributed by atoms with Crippen LogP contribution in [0.5, 0.6) is 0 Å². The third-order valence-corrected chi connectivity index (χ3v) is 3.98. The van der Waals surface area contributed by atoms with Crippen molar-refractivity contribution >= 4 is 42.3 Å². The van der Waals surface area contributed by atoms with E-state index in [4.69, 9.17) is 10.7 Å². The highest BCUT2D eigenvalue weighted by Gasteiger charge is 2.25. The molecule has 0 fully saturated rings. The van der Waals surface area contributed by atoms with Gasteiger partial charge in [-0.1, -0.05) is 0 Å². The Balaban J connectivity index is 3.54. The van der Waals surface area contributed by atoms with Gasteiger partial charge in [0.05, 0.1) is 0 Å². The highest BCUT2D eigenvalue weighted by atomic mass is 127. The van der Waals surface area contributed by atoms with E-state index in [1.54, 1.807) is 22.6 Å². The van der Waals surface area contributed by atoms with Gasteiger partial charge in [-0.2, -0.15) is 0 Å². The quantitative estimate of drug-likeness (QED) is 0.606. The molecule has 0 spiro atoms. The molecule has 78 valence electrons. The minimum atomic E-state index is -4.19. The number of halogens is 4. The highest BCUT2D eigenvalue weighted by molar-refractivity contribution is 14.1. The van der Waals surface area contributed by atoms with E-state index in [9.17, 15) is 17.2 Å². The number of pyridine rings is 1. The Kier molecular flexibility index (Phi) is 3.64. The maximum Gasteiger partial charge on any atom is 0.281 e. The van der Waals surface area contributed by atoms with Crippen molar-refractivity contribution in [3.05, 3.63) is 21.5 Å². The standard InChI is InChI=1S/C6H3ClF2INO2S/c7-14(12,13)5-3(10)1-2-11-4(5)6(8)9/h1-2,6H. The number of aromatic nitrogens is 1. The minimum absolute atomic E-state index is 0.128. The lowest BCUT2D eigenvalue weighted by atomic mass is 10.4. The molecule has 0 bridgehead atoms. The molecule has 1 aromatic heterocycles. The van der Waals surface area contributed by atoms with Crippen LogP contribution in [-0.2, 0) is 9.05 Å². The molecular formula is C6H3ClF2INO2S. The molecule has 1 aromatic rings. The highest BCUT2D eigenvalue weighted by Crippen LogP contribution is 2.30. The molecule has 0 atom stereocenters. The van der Waals surface area contributed by atoms with Crippen molar-refractivity contribution in [3.63, 3.8) is 0 Å². The molecule has 0 aliphatic rings. The summed E-state index contributed by atoms with van der Waals surface area (Å²) in [5, 5.41) is 0. The molecule has 0 aliphatic carbocycles. The Morgan fingerprint density at radius 1 is 1.50 bits per heavy atom. The van der Waals surface area contributed by atoms with Crippen LogP contribution in [0.4, 0.5) is 8.78 Å². The van der Waals surface area contributed by atoms with Crippen molar-refractivity contribution in [3.8, 4) is 0 Å². The van der Waals surface area contributed by atoms with Gasteiger partial charge in [0, 0.05) is 20.4 Å².